The highest BCUT2D eigenvalue weighted by Gasteiger charge is 2.31. The minimum atomic E-state index is -4.55. The molecule has 238 valence electrons. The number of aromatic nitrogens is 2. The fourth-order valence-corrected chi connectivity index (χ4v) is 4.94. The maximum Gasteiger partial charge on any atom is 0.416 e. The summed E-state index contributed by atoms with van der Waals surface area (Å²) < 4.78 is 41.3. The molecule has 0 spiro atoms. The molecule has 0 unspecified atom stereocenters. The molecule has 5 N–H and O–H groups in total. The second-order valence-corrected chi connectivity index (χ2v) is 11.4. The van der Waals surface area contributed by atoms with Crippen LogP contribution in [0.4, 0.5) is 30.4 Å². The maximum atomic E-state index is 13.2. The van der Waals surface area contributed by atoms with Crippen LogP contribution >= 0.6 is 0 Å². The predicted molar refractivity (Wildman–Crippen MR) is 171 cm³/mol. The number of nitrogens with zero attached hydrogens (tertiary/aromatic N) is 5. The van der Waals surface area contributed by atoms with Crippen LogP contribution < -0.4 is 21.7 Å². The van der Waals surface area contributed by atoms with Crippen LogP contribution in [0.15, 0.2) is 71.9 Å². The Hall–Kier alpha value is -4.62. The van der Waals surface area contributed by atoms with Gasteiger partial charge in [-0.2, -0.15) is 23.0 Å². The Kier molecular flexibility index (Phi) is 9.59. The minimum absolute atomic E-state index is 0.0963. The van der Waals surface area contributed by atoms with Crippen molar-refractivity contribution in [3.63, 3.8) is 0 Å². The first-order chi connectivity index (χ1) is 21.5. The number of alkyl halides is 3. The van der Waals surface area contributed by atoms with Gasteiger partial charge in [0.25, 0.3) is 5.91 Å². The topological polar surface area (TPSA) is 116 Å². The van der Waals surface area contributed by atoms with E-state index in [4.69, 9.17) is 10.8 Å². The number of benzene rings is 2. The summed E-state index contributed by atoms with van der Waals surface area (Å²) in [5.74, 6) is 0.411. The number of hydrogen-bond acceptors (Lipinski definition) is 7. The van der Waals surface area contributed by atoms with Crippen LogP contribution in [0.2, 0.25) is 0 Å². The zero-order valence-electron chi connectivity index (χ0n) is 25.4. The SMILES string of the molecule is C=C(/C=C(\N=CN)n1nc(CN2CCN(C)CC2)cc1Nc1cc(NC(=O)c2cccc(C(F)(F)F)c2)ccc1C)NC1CC1. The van der Waals surface area contributed by atoms with Crippen LogP contribution in [0.25, 0.3) is 5.82 Å². The molecule has 0 bridgehead atoms. The molecular weight excluding hydrogens is 583 g/mol. The molecule has 0 atom stereocenters. The molecule has 1 aromatic heterocycles. The number of anilines is 3. The summed E-state index contributed by atoms with van der Waals surface area (Å²) in [4.78, 5) is 21.9. The van der Waals surface area contributed by atoms with Crippen LogP contribution in [0.5, 0.6) is 0 Å². The molecule has 2 aromatic carbocycles. The van der Waals surface area contributed by atoms with Crippen LogP contribution in [-0.2, 0) is 12.7 Å². The maximum absolute atomic E-state index is 13.2. The predicted octanol–water partition coefficient (Wildman–Crippen LogP) is 5.00. The summed E-state index contributed by atoms with van der Waals surface area (Å²) in [7, 11) is 2.11. The van der Waals surface area contributed by atoms with E-state index in [1.807, 2.05) is 19.1 Å². The summed E-state index contributed by atoms with van der Waals surface area (Å²) in [6.07, 6.45) is 0.623. The number of hydrogen-bond donors (Lipinski definition) is 4. The Morgan fingerprint density at radius 3 is 2.58 bits per heavy atom. The molecule has 1 amide bonds. The lowest BCUT2D eigenvalue weighted by Crippen LogP contribution is -2.43. The molecule has 3 aromatic rings. The van der Waals surface area contributed by atoms with Crippen molar-refractivity contribution in [3.05, 3.63) is 89.3 Å². The Labute approximate surface area is 260 Å². The number of halogens is 3. The van der Waals surface area contributed by atoms with Gasteiger partial charge in [0.15, 0.2) is 5.82 Å². The van der Waals surface area contributed by atoms with Crippen molar-refractivity contribution in [2.45, 2.75) is 38.5 Å². The molecule has 1 saturated carbocycles. The van der Waals surface area contributed by atoms with Gasteiger partial charge in [-0.05, 0) is 62.7 Å². The molecule has 5 rings (SSSR count). The fourth-order valence-electron chi connectivity index (χ4n) is 4.94. The highest BCUT2D eigenvalue weighted by Crippen LogP contribution is 2.31. The molecular formula is C32H38F3N9O. The van der Waals surface area contributed by atoms with Crippen molar-refractivity contribution in [2.24, 2.45) is 10.7 Å². The molecule has 13 heteroatoms. The van der Waals surface area contributed by atoms with Crippen molar-refractivity contribution in [2.75, 3.05) is 43.9 Å². The highest BCUT2D eigenvalue weighted by molar-refractivity contribution is 6.04. The standard InChI is InChI=1S/C32H38F3N9O/c1-21-7-8-26(39-31(45)23-5-4-6-24(16-23)32(33,34)35)17-28(21)40-30-18-27(19-43-13-11-42(3)12-14-43)41-44(30)29(37-20-36)15-22(2)38-25-9-10-25/h4-8,15-18,20,25,38,40H,2,9-14,19H2,1,3H3,(H2,36,37)(H,39,45)/b29-15+. The lowest BCUT2D eigenvalue weighted by molar-refractivity contribution is -0.137. The van der Waals surface area contributed by atoms with E-state index in [9.17, 15) is 18.0 Å². The first-order valence-corrected chi connectivity index (χ1v) is 14.8. The second-order valence-electron chi connectivity index (χ2n) is 11.4. The van der Waals surface area contributed by atoms with E-state index < -0.39 is 17.6 Å². The summed E-state index contributed by atoms with van der Waals surface area (Å²) in [6, 6.07) is 11.9. The van der Waals surface area contributed by atoms with Crippen molar-refractivity contribution >= 4 is 35.3 Å². The van der Waals surface area contributed by atoms with Gasteiger partial charge in [0.1, 0.15) is 5.82 Å². The molecule has 0 radical (unpaired) electrons. The zero-order chi connectivity index (χ0) is 32.1. The summed E-state index contributed by atoms with van der Waals surface area (Å²) >= 11 is 0. The Morgan fingerprint density at radius 2 is 1.89 bits per heavy atom. The van der Waals surface area contributed by atoms with E-state index in [1.54, 1.807) is 22.9 Å². The average Bonchev–Trinajstić information content (AvgIpc) is 3.72. The van der Waals surface area contributed by atoms with Gasteiger partial charge in [-0.3, -0.25) is 9.69 Å². The number of rotatable bonds is 11. The number of nitrogens with two attached hydrogens (primary N) is 1. The van der Waals surface area contributed by atoms with Crippen LogP contribution in [0.3, 0.4) is 0 Å². The lowest BCUT2D eigenvalue weighted by Gasteiger charge is -2.31. The third kappa shape index (κ3) is 8.52. The quantitative estimate of drug-likeness (QED) is 0.135. The molecule has 45 heavy (non-hydrogen) atoms. The van der Waals surface area contributed by atoms with E-state index in [0.717, 1.165) is 62.4 Å². The molecule has 1 saturated heterocycles. The molecule has 1 aliphatic carbocycles. The number of carbonyl (C=O) groups excluding carboxylic acids is 1. The first-order valence-electron chi connectivity index (χ1n) is 14.8. The third-order valence-electron chi connectivity index (χ3n) is 7.65. The van der Waals surface area contributed by atoms with E-state index >= 15 is 0 Å². The van der Waals surface area contributed by atoms with Gasteiger partial charge in [-0.25, -0.2) is 4.99 Å². The molecule has 2 fully saturated rings. The lowest BCUT2D eigenvalue weighted by atomic mass is 10.1. The van der Waals surface area contributed by atoms with Gasteiger partial charge in [-0.15, -0.1) is 0 Å². The number of amides is 1. The van der Waals surface area contributed by atoms with Crippen molar-refractivity contribution in [1.29, 1.82) is 0 Å². The fraction of sp³-hybridized carbons (Fsp3) is 0.344. The largest absolute Gasteiger partial charge is 0.416 e. The minimum Gasteiger partial charge on any atom is -0.390 e. The Bertz CT molecular complexity index is 1600. The first kappa shape index (κ1) is 31.8. The number of likely N-dealkylation sites (N-methyl/N-ethyl adjacent to an activating group) is 1. The van der Waals surface area contributed by atoms with Crippen LogP contribution in [0.1, 0.15) is 40.0 Å². The number of aryl methyl sites for hydroxylation is 1. The number of aliphatic imine (C=N–C) groups is 1. The summed E-state index contributed by atoms with van der Waals surface area (Å²) in [5.41, 5.74) is 8.21. The number of piperazine rings is 1. The number of carbonyl (C=O) groups is 1. The van der Waals surface area contributed by atoms with Gasteiger partial charge in [0.05, 0.1) is 17.6 Å². The van der Waals surface area contributed by atoms with Gasteiger partial charge < -0.3 is 26.6 Å². The number of nitrogens with one attached hydrogen (secondary N) is 3. The smallest absolute Gasteiger partial charge is 0.390 e. The van der Waals surface area contributed by atoms with Crippen molar-refractivity contribution in [1.82, 2.24) is 24.9 Å². The molecule has 2 aliphatic rings. The third-order valence-corrected chi connectivity index (χ3v) is 7.65. The van der Waals surface area contributed by atoms with Crippen LogP contribution in [0, 0.1) is 6.92 Å². The highest BCUT2D eigenvalue weighted by atomic mass is 19.4. The van der Waals surface area contributed by atoms with Gasteiger partial charge in [0, 0.05) is 73.5 Å². The molecule has 1 aliphatic heterocycles. The zero-order valence-corrected chi connectivity index (χ0v) is 25.4. The van der Waals surface area contributed by atoms with E-state index in [-0.39, 0.29) is 5.56 Å². The molecule has 10 nitrogen and oxygen atoms in total. The Morgan fingerprint density at radius 1 is 1.13 bits per heavy atom. The van der Waals surface area contributed by atoms with Gasteiger partial charge in [-0.1, -0.05) is 18.7 Å². The average molecular weight is 622 g/mol. The summed E-state index contributed by atoms with van der Waals surface area (Å²) in [6.45, 7) is 10.5. The van der Waals surface area contributed by atoms with Crippen molar-refractivity contribution in [3.8, 4) is 0 Å². The second kappa shape index (κ2) is 13.6. The normalized spacial score (nSPS) is 16.6. The monoisotopic (exact) mass is 621 g/mol. The van der Waals surface area contributed by atoms with E-state index in [1.165, 1.54) is 18.5 Å². The van der Waals surface area contributed by atoms with E-state index in [0.29, 0.717) is 41.3 Å². The van der Waals surface area contributed by atoms with Crippen molar-refractivity contribution < 1.29 is 18.0 Å². The number of allylic oxidation sites excluding steroid dienone is 1. The van der Waals surface area contributed by atoms with Gasteiger partial charge in [0.2, 0.25) is 0 Å². The van der Waals surface area contributed by atoms with Gasteiger partial charge >= 0.3 is 6.18 Å². The Balaban J connectivity index is 1.42. The molecule has 2 heterocycles. The summed E-state index contributed by atoms with van der Waals surface area (Å²) in [5, 5.41) is 14.4. The van der Waals surface area contributed by atoms with Crippen LogP contribution in [-0.4, -0.2) is 71.1 Å². The van der Waals surface area contributed by atoms with E-state index in [2.05, 4.69) is 44.4 Å².